The molecule has 2 aliphatic heterocycles. The molecule has 1 fully saturated rings. The molecule has 2 heterocycles. The molecule has 0 aliphatic carbocycles. The van der Waals surface area contributed by atoms with Crippen LogP contribution >= 0.6 is 0 Å². The molecule has 0 bridgehead atoms. The van der Waals surface area contributed by atoms with E-state index in [4.69, 9.17) is 0 Å². The molecule has 1 aromatic rings. The molecule has 6 heteroatoms. The number of hydrogen-bond donors (Lipinski definition) is 1. The average Bonchev–Trinajstić information content (AvgIpc) is 2.85. The van der Waals surface area contributed by atoms with E-state index in [1.807, 2.05) is 24.3 Å². The zero-order chi connectivity index (χ0) is 15.9. The first kappa shape index (κ1) is 15.3. The largest absolute Gasteiger partial charge is 0.379 e. The fourth-order valence-electron chi connectivity index (χ4n) is 3.17. The minimum atomic E-state index is -3.05. The maximum atomic E-state index is 12.9. The molecule has 0 aromatic heterocycles. The first-order valence-corrected chi connectivity index (χ1v) is 9.57. The molecule has 1 aromatic carbocycles. The molecule has 22 heavy (non-hydrogen) atoms. The highest BCUT2D eigenvalue weighted by Gasteiger charge is 2.38. The number of anilines is 2. The van der Waals surface area contributed by atoms with Gasteiger partial charge in [-0.05, 0) is 24.5 Å². The van der Waals surface area contributed by atoms with Crippen LogP contribution in [0, 0.1) is 11.8 Å². The van der Waals surface area contributed by atoms with Crippen LogP contribution in [0.5, 0.6) is 0 Å². The Morgan fingerprint density at radius 1 is 1.32 bits per heavy atom. The van der Waals surface area contributed by atoms with Crippen LogP contribution in [-0.4, -0.2) is 38.4 Å². The Kier molecular flexibility index (Phi) is 3.89. The first-order valence-electron chi connectivity index (χ1n) is 7.75. The van der Waals surface area contributed by atoms with E-state index in [0.29, 0.717) is 18.9 Å². The molecule has 1 amide bonds. The lowest BCUT2D eigenvalue weighted by atomic mass is 9.98. The number of benzene rings is 1. The summed E-state index contributed by atoms with van der Waals surface area (Å²) in [5.74, 6) is 0.0512. The lowest BCUT2D eigenvalue weighted by Crippen LogP contribution is -2.49. The van der Waals surface area contributed by atoms with Crippen LogP contribution in [0.1, 0.15) is 20.3 Å². The van der Waals surface area contributed by atoms with Gasteiger partial charge in [-0.2, -0.15) is 0 Å². The number of sulfone groups is 1. The van der Waals surface area contributed by atoms with E-state index >= 15 is 0 Å². The number of carbonyl (C=O) groups is 1. The average molecular weight is 322 g/mol. The van der Waals surface area contributed by atoms with Gasteiger partial charge in [-0.3, -0.25) is 4.79 Å². The Morgan fingerprint density at radius 2 is 2.05 bits per heavy atom. The lowest BCUT2D eigenvalue weighted by molar-refractivity contribution is -0.121. The van der Waals surface area contributed by atoms with E-state index in [1.54, 1.807) is 4.90 Å². The second-order valence-corrected chi connectivity index (χ2v) is 8.79. The molecule has 0 spiro atoms. The number of carbonyl (C=O) groups excluding carboxylic acids is 1. The Hall–Kier alpha value is -1.56. The second-order valence-electron chi connectivity index (χ2n) is 6.56. The minimum Gasteiger partial charge on any atom is -0.379 e. The predicted molar refractivity (Wildman–Crippen MR) is 87.8 cm³/mol. The van der Waals surface area contributed by atoms with Gasteiger partial charge in [-0.15, -0.1) is 0 Å². The topological polar surface area (TPSA) is 66.5 Å². The van der Waals surface area contributed by atoms with Gasteiger partial charge < -0.3 is 10.2 Å². The molecule has 0 unspecified atom stereocenters. The number of para-hydroxylation sites is 2. The Bertz CT molecular complexity index is 684. The first-order chi connectivity index (χ1) is 10.4. The van der Waals surface area contributed by atoms with Crippen molar-refractivity contribution < 1.29 is 13.2 Å². The summed E-state index contributed by atoms with van der Waals surface area (Å²) >= 11 is 0. The van der Waals surface area contributed by atoms with Crippen molar-refractivity contribution >= 4 is 27.1 Å². The smallest absolute Gasteiger partial charge is 0.231 e. The molecule has 1 saturated heterocycles. The Labute approximate surface area is 131 Å². The van der Waals surface area contributed by atoms with Crippen LogP contribution in [0.2, 0.25) is 0 Å². The highest BCUT2D eigenvalue weighted by Crippen LogP contribution is 2.34. The van der Waals surface area contributed by atoms with Gasteiger partial charge in [0.2, 0.25) is 5.91 Å². The third kappa shape index (κ3) is 2.84. The summed E-state index contributed by atoms with van der Waals surface area (Å²) in [4.78, 5) is 14.6. The van der Waals surface area contributed by atoms with Crippen LogP contribution in [0.15, 0.2) is 24.3 Å². The molecule has 0 saturated carbocycles. The fraction of sp³-hybridized carbons (Fsp3) is 0.562. The summed E-state index contributed by atoms with van der Waals surface area (Å²) in [6.07, 6.45) is 0.444. The number of nitrogens with zero attached hydrogens (tertiary/aromatic N) is 1. The molecular formula is C16H22N2O3S. The minimum absolute atomic E-state index is 0.00965. The van der Waals surface area contributed by atoms with Gasteiger partial charge in [-0.25, -0.2) is 8.42 Å². The van der Waals surface area contributed by atoms with E-state index in [-0.39, 0.29) is 23.5 Å². The highest BCUT2D eigenvalue weighted by molar-refractivity contribution is 7.91. The van der Waals surface area contributed by atoms with Crippen molar-refractivity contribution in [3.05, 3.63) is 24.3 Å². The Morgan fingerprint density at radius 3 is 2.68 bits per heavy atom. The Balaban J connectivity index is 1.90. The maximum Gasteiger partial charge on any atom is 0.231 e. The van der Waals surface area contributed by atoms with E-state index in [2.05, 4.69) is 19.2 Å². The van der Waals surface area contributed by atoms with Crippen LogP contribution < -0.4 is 10.2 Å². The summed E-state index contributed by atoms with van der Waals surface area (Å²) in [7, 11) is -3.05. The molecule has 1 N–H and O–H groups in total. The molecule has 2 aliphatic rings. The van der Waals surface area contributed by atoms with Crippen molar-refractivity contribution in [3.63, 3.8) is 0 Å². The number of amides is 1. The van der Waals surface area contributed by atoms with Crippen molar-refractivity contribution in [2.75, 3.05) is 28.3 Å². The molecule has 2 atom stereocenters. The molecule has 5 nitrogen and oxygen atoms in total. The van der Waals surface area contributed by atoms with Gasteiger partial charge in [0, 0.05) is 12.6 Å². The van der Waals surface area contributed by atoms with Crippen molar-refractivity contribution in [2.45, 2.75) is 26.3 Å². The predicted octanol–water partition coefficient (Wildman–Crippen LogP) is 1.90. The molecule has 3 rings (SSSR count). The van der Waals surface area contributed by atoms with Crippen molar-refractivity contribution in [3.8, 4) is 0 Å². The molecular weight excluding hydrogens is 300 g/mol. The summed E-state index contributed by atoms with van der Waals surface area (Å²) in [5, 5.41) is 3.48. The number of hydrogen-bond acceptors (Lipinski definition) is 4. The third-order valence-electron chi connectivity index (χ3n) is 4.57. The van der Waals surface area contributed by atoms with Gasteiger partial charge >= 0.3 is 0 Å². The summed E-state index contributed by atoms with van der Waals surface area (Å²) < 4.78 is 23.3. The number of nitrogens with one attached hydrogen (secondary N) is 1. The van der Waals surface area contributed by atoms with E-state index < -0.39 is 15.8 Å². The monoisotopic (exact) mass is 322 g/mol. The van der Waals surface area contributed by atoms with Crippen LogP contribution in [0.3, 0.4) is 0 Å². The summed E-state index contributed by atoms with van der Waals surface area (Å²) in [6, 6.07) is 7.91. The zero-order valence-corrected chi connectivity index (χ0v) is 13.8. The van der Waals surface area contributed by atoms with Crippen LogP contribution in [-0.2, 0) is 14.6 Å². The molecule has 0 radical (unpaired) electrons. The van der Waals surface area contributed by atoms with Gasteiger partial charge in [0.05, 0.1) is 28.8 Å². The second kappa shape index (κ2) is 5.57. The van der Waals surface area contributed by atoms with E-state index in [0.717, 1.165) is 11.4 Å². The quantitative estimate of drug-likeness (QED) is 0.903. The fourth-order valence-corrected chi connectivity index (χ4v) is 4.90. The van der Waals surface area contributed by atoms with Crippen LogP contribution in [0.25, 0.3) is 0 Å². The van der Waals surface area contributed by atoms with Crippen molar-refractivity contribution in [1.82, 2.24) is 0 Å². The summed E-state index contributed by atoms with van der Waals surface area (Å²) in [6.45, 7) is 4.83. The lowest BCUT2D eigenvalue weighted by Gasteiger charge is -2.38. The van der Waals surface area contributed by atoms with E-state index in [1.165, 1.54) is 0 Å². The van der Waals surface area contributed by atoms with Gasteiger partial charge in [0.15, 0.2) is 9.84 Å². The van der Waals surface area contributed by atoms with Crippen LogP contribution in [0.4, 0.5) is 11.4 Å². The van der Waals surface area contributed by atoms with Crippen molar-refractivity contribution in [1.29, 1.82) is 0 Å². The van der Waals surface area contributed by atoms with Crippen molar-refractivity contribution in [2.24, 2.45) is 11.8 Å². The SMILES string of the molecule is CC(C)[C@H]1CN(C(=O)[C@@H]2CCS(=O)(=O)C2)c2ccccc2N1. The maximum absolute atomic E-state index is 12.9. The van der Waals surface area contributed by atoms with Gasteiger partial charge in [0.25, 0.3) is 0 Å². The molecule has 120 valence electrons. The standard InChI is InChI=1S/C16H22N2O3S/c1-11(2)14-9-18(15-6-4-3-5-13(15)17-14)16(19)12-7-8-22(20,21)10-12/h3-6,11-12,14,17H,7-10H2,1-2H3/t12-,14-/m1/s1. The highest BCUT2D eigenvalue weighted by atomic mass is 32.2. The zero-order valence-electron chi connectivity index (χ0n) is 13.0. The van der Waals surface area contributed by atoms with Gasteiger partial charge in [0.1, 0.15) is 0 Å². The third-order valence-corrected chi connectivity index (χ3v) is 6.34. The summed E-state index contributed by atoms with van der Waals surface area (Å²) in [5.41, 5.74) is 1.80. The number of rotatable bonds is 2. The van der Waals surface area contributed by atoms with Gasteiger partial charge in [-0.1, -0.05) is 26.0 Å². The van der Waals surface area contributed by atoms with E-state index in [9.17, 15) is 13.2 Å². The normalized spacial score (nSPS) is 26.6. The number of fused-ring (bicyclic) bond motifs is 1.